The Balaban J connectivity index is 1.57. The summed E-state index contributed by atoms with van der Waals surface area (Å²) in [6.07, 6.45) is 9.69. The molecule has 0 spiro atoms. The summed E-state index contributed by atoms with van der Waals surface area (Å²) in [7, 11) is 0. The lowest BCUT2D eigenvalue weighted by Crippen LogP contribution is -2.58. The molecule has 4 bridgehead atoms. The van der Waals surface area contributed by atoms with Crippen LogP contribution < -0.4 is 11.3 Å². The van der Waals surface area contributed by atoms with Crippen LogP contribution >= 0.6 is 11.3 Å². The summed E-state index contributed by atoms with van der Waals surface area (Å²) in [4.78, 5) is 6.10. The van der Waals surface area contributed by atoms with Crippen molar-refractivity contribution in [2.45, 2.75) is 64.8 Å². The van der Waals surface area contributed by atoms with Gasteiger partial charge in [0.15, 0.2) is 0 Å². The van der Waals surface area contributed by atoms with Gasteiger partial charge in [0.05, 0.1) is 10.7 Å². The minimum Gasteiger partial charge on any atom is -0.271 e. The van der Waals surface area contributed by atoms with Crippen LogP contribution in [0, 0.1) is 37.0 Å². The first-order chi connectivity index (χ1) is 10.1. The first-order valence-corrected chi connectivity index (χ1v) is 9.28. The van der Waals surface area contributed by atoms with Crippen LogP contribution in [-0.4, -0.2) is 11.0 Å². The molecule has 4 aliphatic rings. The van der Waals surface area contributed by atoms with E-state index < -0.39 is 0 Å². The van der Waals surface area contributed by atoms with Gasteiger partial charge >= 0.3 is 0 Å². The highest BCUT2D eigenvalue weighted by atomic mass is 32.1. The average Bonchev–Trinajstić information content (AvgIpc) is 2.73. The van der Waals surface area contributed by atoms with Crippen LogP contribution in [-0.2, 0) is 6.42 Å². The van der Waals surface area contributed by atoms with Crippen molar-refractivity contribution in [3.8, 4) is 0 Å². The fraction of sp³-hybridized carbons (Fsp3) is 0.824. The summed E-state index contributed by atoms with van der Waals surface area (Å²) < 4.78 is 0. The van der Waals surface area contributed by atoms with Gasteiger partial charge in [-0.2, -0.15) is 0 Å². The predicted octanol–water partition coefficient (Wildman–Crippen LogP) is 3.35. The van der Waals surface area contributed by atoms with Crippen LogP contribution in [0.5, 0.6) is 0 Å². The number of hydrogen-bond acceptors (Lipinski definition) is 4. The third-order valence-electron chi connectivity index (χ3n) is 6.48. The van der Waals surface area contributed by atoms with E-state index in [4.69, 9.17) is 10.8 Å². The number of aryl methyl sites for hydroxylation is 2. The molecule has 0 aromatic carbocycles. The number of thiazole rings is 1. The minimum atomic E-state index is 0.413. The van der Waals surface area contributed by atoms with Crippen molar-refractivity contribution in [1.29, 1.82) is 0 Å². The molecule has 0 saturated heterocycles. The summed E-state index contributed by atoms with van der Waals surface area (Å²) in [5.74, 6) is 8.95. The standard InChI is InChI=1S/C17H27N3S/c1-10-11(2)21-16(19-10)6-15(20-18)17-7-12-3-13(8-17)5-14(4-12)9-17/h12-15,20H,3-9,18H2,1-2H3. The van der Waals surface area contributed by atoms with Crippen LogP contribution in [0.1, 0.15) is 54.1 Å². The van der Waals surface area contributed by atoms with Gasteiger partial charge in [-0.05, 0) is 75.5 Å². The van der Waals surface area contributed by atoms with Gasteiger partial charge < -0.3 is 0 Å². The number of hydrazine groups is 1. The topological polar surface area (TPSA) is 50.9 Å². The average molecular weight is 305 g/mol. The number of nitrogens with two attached hydrogens (primary N) is 1. The molecule has 0 radical (unpaired) electrons. The van der Waals surface area contributed by atoms with Crippen molar-refractivity contribution in [2.75, 3.05) is 0 Å². The maximum Gasteiger partial charge on any atom is 0.0947 e. The molecule has 1 aromatic rings. The molecular formula is C17H27N3S. The van der Waals surface area contributed by atoms with Crippen molar-refractivity contribution in [3.63, 3.8) is 0 Å². The van der Waals surface area contributed by atoms with Gasteiger partial charge in [-0.15, -0.1) is 11.3 Å². The Morgan fingerprint density at radius 2 is 1.76 bits per heavy atom. The van der Waals surface area contributed by atoms with E-state index in [1.807, 2.05) is 11.3 Å². The molecule has 4 heteroatoms. The normalized spacial score (nSPS) is 38.9. The number of aromatic nitrogens is 1. The molecule has 0 aliphatic heterocycles. The Labute approximate surface area is 131 Å². The molecule has 21 heavy (non-hydrogen) atoms. The first kappa shape index (κ1) is 14.2. The molecule has 1 atom stereocenters. The largest absolute Gasteiger partial charge is 0.271 e. The van der Waals surface area contributed by atoms with Gasteiger partial charge in [-0.1, -0.05) is 0 Å². The number of nitrogens with one attached hydrogen (secondary N) is 1. The Hall–Kier alpha value is -0.450. The van der Waals surface area contributed by atoms with E-state index in [1.165, 1.54) is 54.1 Å². The van der Waals surface area contributed by atoms with E-state index in [0.717, 1.165) is 24.2 Å². The monoisotopic (exact) mass is 305 g/mol. The third kappa shape index (κ3) is 2.36. The summed E-state index contributed by atoms with van der Waals surface area (Å²) in [6.45, 7) is 4.29. The van der Waals surface area contributed by atoms with Crippen molar-refractivity contribution >= 4 is 11.3 Å². The van der Waals surface area contributed by atoms with E-state index in [2.05, 4.69) is 19.3 Å². The van der Waals surface area contributed by atoms with Crippen molar-refractivity contribution in [2.24, 2.45) is 29.0 Å². The zero-order chi connectivity index (χ0) is 14.6. The summed E-state index contributed by atoms with van der Waals surface area (Å²) in [5.41, 5.74) is 4.85. The molecule has 0 amide bonds. The van der Waals surface area contributed by atoms with Gasteiger partial charge in [-0.3, -0.25) is 11.3 Å². The highest BCUT2D eigenvalue weighted by Crippen LogP contribution is 2.61. The van der Waals surface area contributed by atoms with Crippen LogP contribution in [0.15, 0.2) is 0 Å². The molecule has 4 saturated carbocycles. The predicted molar refractivity (Wildman–Crippen MR) is 87.0 cm³/mol. The quantitative estimate of drug-likeness (QED) is 0.662. The summed E-state index contributed by atoms with van der Waals surface area (Å²) in [6, 6.07) is 0.413. The van der Waals surface area contributed by atoms with Crippen LogP contribution in [0.3, 0.4) is 0 Å². The van der Waals surface area contributed by atoms with E-state index >= 15 is 0 Å². The first-order valence-electron chi connectivity index (χ1n) is 8.47. The van der Waals surface area contributed by atoms with Crippen LogP contribution in [0.2, 0.25) is 0 Å². The molecule has 1 heterocycles. The number of hydrogen-bond donors (Lipinski definition) is 2. The van der Waals surface area contributed by atoms with E-state index in [0.29, 0.717) is 11.5 Å². The number of nitrogens with zero attached hydrogens (tertiary/aromatic N) is 1. The third-order valence-corrected chi connectivity index (χ3v) is 7.57. The smallest absolute Gasteiger partial charge is 0.0947 e. The highest BCUT2D eigenvalue weighted by molar-refractivity contribution is 7.11. The van der Waals surface area contributed by atoms with E-state index in [9.17, 15) is 0 Å². The molecule has 3 nitrogen and oxygen atoms in total. The highest BCUT2D eigenvalue weighted by Gasteiger charge is 2.54. The van der Waals surface area contributed by atoms with Crippen LogP contribution in [0.25, 0.3) is 0 Å². The summed E-state index contributed by atoms with van der Waals surface area (Å²) >= 11 is 1.86. The van der Waals surface area contributed by atoms with Crippen molar-refractivity contribution in [3.05, 3.63) is 15.6 Å². The number of rotatable bonds is 4. The lowest BCUT2D eigenvalue weighted by molar-refractivity contribution is -0.0737. The van der Waals surface area contributed by atoms with Gasteiger partial charge in [0.25, 0.3) is 0 Å². The summed E-state index contributed by atoms with van der Waals surface area (Å²) in [5, 5.41) is 1.27. The fourth-order valence-electron chi connectivity index (χ4n) is 5.86. The molecular weight excluding hydrogens is 278 g/mol. The molecule has 116 valence electrons. The second-order valence-electron chi connectivity index (χ2n) is 7.95. The van der Waals surface area contributed by atoms with Crippen LogP contribution in [0.4, 0.5) is 0 Å². The Bertz CT molecular complexity index is 481. The maximum absolute atomic E-state index is 6.01. The SMILES string of the molecule is Cc1nc(CC(NN)C23CC4CC(CC(C4)C2)C3)sc1C. The Kier molecular flexibility index (Phi) is 3.40. The Morgan fingerprint density at radius 3 is 2.19 bits per heavy atom. The zero-order valence-electron chi connectivity index (χ0n) is 13.2. The molecule has 4 fully saturated rings. The second-order valence-corrected chi connectivity index (χ2v) is 9.24. The van der Waals surface area contributed by atoms with Gasteiger partial charge in [-0.25, -0.2) is 4.98 Å². The van der Waals surface area contributed by atoms with Crippen molar-refractivity contribution < 1.29 is 0 Å². The second kappa shape index (κ2) is 5.04. The van der Waals surface area contributed by atoms with Crippen molar-refractivity contribution in [1.82, 2.24) is 10.4 Å². The zero-order valence-corrected chi connectivity index (χ0v) is 14.0. The molecule has 1 aromatic heterocycles. The Morgan fingerprint density at radius 1 is 1.19 bits per heavy atom. The van der Waals surface area contributed by atoms with Gasteiger partial charge in [0, 0.05) is 17.3 Å². The van der Waals surface area contributed by atoms with Gasteiger partial charge in [0.2, 0.25) is 0 Å². The molecule has 3 N–H and O–H groups in total. The maximum atomic E-state index is 6.01. The minimum absolute atomic E-state index is 0.413. The molecule has 4 aliphatic carbocycles. The van der Waals surface area contributed by atoms with Gasteiger partial charge in [0.1, 0.15) is 0 Å². The lowest BCUT2D eigenvalue weighted by Gasteiger charge is -2.59. The molecule has 1 unspecified atom stereocenters. The lowest BCUT2D eigenvalue weighted by atomic mass is 9.47. The molecule has 5 rings (SSSR count). The van der Waals surface area contributed by atoms with E-state index in [1.54, 1.807) is 0 Å². The fourth-order valence-corrected chi connectivity index (χ4v) is 6.84. The van der Waals surface area contributed by atoms with E-state index in [-0.39, 0.29) is 0 Å².